The molecule has 0 rings (SSSR count). The maximum Gasteiger partial charge on any atom is 0.292 e. The fraction of sp³-hybridized carbons (Fsp3) is 1.00. The van der Waals surface area contributed by atoms with Crippen molar-refractivity contribution in [3.8, 4) is 0 Å². The molecule has 0 saturated carbocycles. The zero-order valence-electron chi connectivity index (χ0n) is 4.59. The molecule has 0 fully saturated rings. The van der Waals surface area contributed by atoms with Gasteiger partial charge in [-0.25, -0.2) is 5.11 Å². The summed E-state index contributed by atoms with van der Waals surface area (Å²) >= 11 is 0. The van der Waals surface area contributed by atoms with Gasteiger partial charge in [0.2, 0.25) is 0 Å². The summed E-state index contributed by atoms with van der Waals surface area (Å²) in [5, 5.41) is 6.66. The normalized spacial score (nSPS) is 10.4. The Morgan fingerprint density at radius 3 is 2.71 bits per heavy atom. The van der Waals surface area contributed by atoms with Crippen LogP contribution in [-0.2, 0) is 0 Å². The third-order valence-corrected chi connectivity index (χ3v) is 0.693. The third-order valence-electron chi connectivity index (χ3n) is 0.693. The molecule has 0 unspecified atom stereocenters. The van der Waals surface area contributed by atoms with Gasteiger partial charge >= 0.3 is 0 Å². The zero-order valence-corrected chi connectivity index (χ0v) is 4.59. The molecule has 2 radical (unpaired) electrons. The van der Waals surface area contributed by atoms with Crippen LogP contribution in [0.1, 0.15) is 19.8 Å². The molecule has 0 saturated heterocycles. The molecule has 7 heavy (non-hydrogen) atoms. The van der Waals surface area contributed by atoms with Gasteiger partial charge in [-0.2, -0.15) is 0 Å². The molecule has 0 N–H and O–H groups in total. The van der Waals surface area contributed by atoms with Crippen LogP contribution in [0.2, 0.25) is 0 Å². The van der Waals surface area contributed by atoms with Crippen molar-refractivity contribution in [3.05, 3.63) is 0 Å². The maximum absolute atomic E-state index is 4.73. The van der Waals surface area contributed by atoms with Crippen LogP contribution in [0.3, 0.4) is 0 Å². The van der Waals surface area contributed by atoms with Crippen LogP contribution in [0.25, 0.3) is 0 Å². The minimum Gasteiger partial charge on any atom is -0.274 e. The van der Waals surface area contributed by atoms with Gasteiger partial charge in [-0.3, -0.25) is 5.03 Å². The predicted molar refractivity (Wildman–Crippen MR) is 30.4 cm³/mol. The van der Waals surface area contributed by atoms with Crippen LogP contribution < -0.4 is 0 Å². The van der Waals surface area contributed by atoms with Crippen LogP contribution >= 0.6 is 0 Å². The molecular weight excluding hydrogens is 86.9 g/mol. The largest absolute Gasteiger partial charge is 0.292 e. The van der Waals surface area contributed by atoms with E-state index in [0.717, 1.165) is 19.4 Å². The molecule has 0 aromatic carbocycles. The number of hydrogen-bond acceptors (Lipinski definition) is 2. The van der Waals surface area contributed by atoms with E-state index in [9.17, 15) is 0 Å². The highest BCUT2D eigenvalue weighted by molar-refractivity contribution is 6.04. The summed E-state index contributed by atoms with van der Waals surface area (Å²) in [7, 11) is 4.73. The van der Waals surface area contributed by atoms with E-state index in [0.29, 0.717) is 0 Å². The molecule has 0 aliphatic carbocycles. The topological polar surface area (TPSA) is 24.7 Å². The average molecular weight is 95.9 g/mol. The Hall–Kier alpha value is -0.335. The van der Waals surface area contributed by atoms with Gasteiger partial charge in [0.25, 0.3) is 7.98 Å². The van der Waals surface area contributed by atoms with Gasteiger partial charge in [-0.05, 0) is 6.42 Å². The Labute approximate surface area is 45.5 Å². The van der Waals surface area contributed by atoms with Crippen molar-refractivity contribution in [1.82, 2.24) is 0 Å². The highest BCUT2D eigenvalue weighted by Crippen LogP contribution is 1.85. The van der Waals surface area contributed by atoms with E-state index in [1.165, 1.54) is 0 Å². The molecule has 2 nitrogen and oxygen atoms in total. The number of hydrogen-bond donors (Lipinski definition) is 0. The Bertz CT molecular complexity index is 53.7. The SMILES string of the molecule is [B]N=NCCCC. The van der Waals surface area contributed by atoms with Crippen LogP contribution in [0.4, 0.5) is 0 Å². The summed E-state index contributed by atoms with van der Waals surface area (Å²) in [5.41, 5.74) is 0. The van der Waals surface area contributed by atoms with Gasteiger partial charge in [0.15, 0.2) is 0 Å². The highest BCUT2D eigenvalue weighted by atomic mass is 15.0. The van der Waals surface area contributed by atoms with Crippen molar-refractivity contribution in [1.29, 1.82) is 0 Å². The average Bonchev–Trinajstić information content (AvgIpc) is 1.69. The van der Waals surface area contributed by atoms with Crippen LogP contribution in [0.15, 0.2) is 10.1 Å². The minimum absolute atomic E-state index is 0.771. The Morgan fingerprint density at radius 2 is 2.29 bits per heavy atom. The first-order valence-electron chi connectivity index (χ1n) is 2.48. The van der Waals surface area contributed by atoms with Gasteiger partial charge in [0, 0.05) is 0 Å². The van der Waals surface area contributed by atoms with Crippen LogP contribution in [0, 0.1) is 0 Å². The van der Waals surface area contributed by atoms with Crippen LogP contribution in [-0.4, -0.2) is 14.5 Å². The molecule has 0 aliphatic rings. The summed E-state index contributed by atoms with van der Waals surface area (Å²) in [5.74, 6) is 0. The lowest BCUT2D eigenvalue weighted by molar-refractivity contribution is 0.786. The molecule has 0 bridgehead atoms. The minimum atomic E-state index is 0.771. The van der Waals surface area contributed by atoms with Crippen molar-refractivity contribution in [2.45, 2.75) is 19.8 Å². The predicted octanol–water partition coefficient (Wildman–Crippen LogP) is 1.32. The van der Waals surface area contributed by atoms with E-state index in [2.05, 4.69) is 17.1 Å². The second kappa shape index (κ2) is 5.66. The lowest BCUT2D eigenvalue weighted by Gasteiger charge is -1.83. The summed E-state index contributed by atoms with van der Waals surface area (Å²) < 4.78 is 0. The lowest BCUT2D eigenvalue weighted by Crippen LogP contribution is -1.74. The van der Waals surface area contributed by atoms with Gasteiger partial charge in [0.05, 0.1) is 6.54 Å². The third kappa shape index (κ3) is 5.66. The number of unbranched alkanes of at least 4 members (excludes halogenated alkanes) is 1. The molecule has 0 amide bonds. The summed E-state index contributed by atoms with van der Waals surface area (Å²) in [6, 6.07) is 0. The standard InChI is InChI=1S/C4H9BN2/c1-2-3-4-6-7-5/h2-4H2,1H3. The fourth-order valence-corrected chi connectivity index (χ4v) is 0.287. The molecule has 3 heteroatoms. The zero-order chi connectivity index (χ0) is 5.54. The lowest BCUT2D eigenvalue weighted by atomic mass is 10.3. The van der Waals surface area contributed by atoms with E-state index in [1.54, 1.807) is 0 Å². The Kier molecular flexibility index (Phi) is 5.39. The first-order valence-corrected chi connectivity index (χ1v) is 2.48. The molecule has 0 atom stereocenters. The smallest absolute Gasteiger partial charge is 0.274 e. The molecular formula is C4H9BN2. The van der Waals surface area contributed by atoms with Crippen molar-refractivity contribution < 1.29 is 0 Å². The van der Waals surface area contributed by atoms with Gasteiger partial charge < -0.3 is 0 Å². The van der Waals surface area contributed by atoms with Gasteiger partial charge in [-0.15, -0.1) is 0 Å². The summed E-state index contributed by atoms with van der Waals surface area (Å²) in [6.45, 7) is 2.87. The Morgan fingerprint density at radius 1 is 1.57 bits per heavy atom. The molecule has 0 aromatic rings. The first kappa shape index (κ1) is 6.66. The van der Waals surface area contributed by atoms with E-state index >= 15 is 0 Å². The summed E-state index contributed by atoms with van der Waals surface area (Å²) in [4.78, 5) is 0. The number of nitrogens with zero attached hydrogens (tertiary/aromatic N) is 2. The molecule has 0 aromatic heterocycles. The van der Waals surface area contributed by atoms with Gasteiger partial charge in [0.1, 0.15) is 0 Å². The van der Waals surface area contributed by atoms with Crippen molar-refractivity contribution in [2.24, 2.45) is 10.1 Å². The van der Waals surface area contributed by atoms with Crippen molar-refractivity contribution in [3.63, 3.8) is 0 Å². The second-order valence-corrected chi connectivity index (χ2v) is 1.33. The Balaban J connectivity index is 2.69. The first-order chi connectivity index (χ1) is 3.41. The quantitative estimate of drug-likeness (QED) is 0.287. The highest BCUT2D eigenvalue weighted by Gasteiger charge is 1.74. The van der Waals surface area contributed by atoms with E-state index < -0.39 is 0 Å². The fourth-order valence-electron chi connectivity index (χ4n) is 0.287. The van der Waals surface area contributed by atoms with E-state index in [4.69, 9.17) is 7.98 Å². The molecule has 0 aliphatic heterocycles. The molecule has 0 heterocycles. The molecule has 0 spiro atoms. The van der Waals surface area contributed by atoms with E-state index in [-0.39, 0.29) is 0 Å². The number of rotatable bonds is 3. The van der Waals surface area contributed by atoms with Crippen molar-refractivity contribution in [2.75, 3.05) is 6.54 Å². The van der Waals surface area contributed by atoms with Gasteiger partial charge in [-0.1, -0.05) is 13.3 Å². The van der Waals surface area contributed by atoms with E-state index in [1.807, 2.05) is 0 Å². The molecule has 38 valence electrons. The van der Waals surface area contributed by atoms with Crippen LogP contribution in [0.5, 0.6) is 0 Å². The monoisotopic (exact) mass is 96.1 g/mol. The maximum atomic E-state index is 4.73. The summed E-state index contributed by atoms with van der Waals surface area (Å²) in [6.07, 6.45) is 2.24. The van der Waals surface area contributed by atoms with Crippen molar-refractivity contribution >= 4 is 7.98 Å². The second-order valence-electron chi connectivity index (χ2n) is 1.33.